The van der Waals surface area contributed by atoms with E-state index in [1.54, 1.807) is 0 Å². The minimum atomic E-state index is -1.23. The smallest absolute Gasteiger partial charge is 0.545 e. The van der Waals surface area contributed by atoms with Gasteiger partial charge in [0.25, 0.3) is 0 Å². The van der Waals surface area contributed by atoms with Gasteiger partial charge in [-0.05, 0) is 17.7 Å². The quantitative estimate of drug-likeness (QED) is 0.499. The summed E-state index contributed by atoms with van der Waals surface area (Å²) in [6.45, 7) is 1.38. The number of carboxylic acid groups (broad SMARTS) is 1. The van der Waals surface area contributed by atoms with Crippen LogP contribution in [0.5, 0.6) is 0 Å². The first-order chi connectivity index (χ1) is 6.09. The van der Waals surface area contributed by atoms with Crippen molar-refractivity contribution in [3.63, 3.8) is 0 Å². The van der Waals surface area contributed by atoms with E-state index in [0.29, 0.717) is 5.69 Å². The Morgan fingerprint density at radius 2 is 1.71 bits per heavy atom. The molecule has 0 saturated carbocycles. The van der Waals surface area contributed by atoms with E-state index in [1.165, 1.54) is 31.2 Å². The molecule has 1 aromatic carbocycles. The molecule has 1 aromatic rings. The molecule has 4 nitrogen and oxygen atoms in total. The number of nitrogens with one attached hydrogen (secondary N) is 1. The summed E-state index contributed by atoms with van der Waals surface area (Å²) in [5.74, 6) is -1.42. The monoisotopic (exact) mass is 185 g/mol. The van der Waals surface area contributed by atoms with E-state index in [9.17, 15) is 14.7 Å². The summed E-state index contributed by atoms with van der Waals surface area (Å²) >= 11 is 0. The van der Waals surface area contributed by atoms with Crippen molar-refractivity contribution < 1.29 is 33.6 Å². The molecular weight excluding hydrogens is 177 g/mol. The van der Waals surface area contributed by atoms with E-state index in [0.717, 1.165) is 0 Å². The normalized spacial score (nSPS) is 8.64. The van der Waals surface area contributed by atoms with Crippen molar-refractivity contribution in [2.24, 2.45) is 0 Å². The van der Waals surface area contributed by atoms with Crippen LogP contribution in [0.4, 0.5) is 5.69 Å². The number of aromatic carboxylic acids is 1. The fourth-order valence-corrected chi connectivity index (χ4v) is 0.893. The second-order valence-electron chi connectivity index (χ2n) is 2.55. The van der Waals surface area contributed by atoms with E-state index in [1.807, 2.05) is 0 Å². The Balaban J connectivity index is 0.00000169. The summed E-state index contributed by atoms with van der Waals surface area (Å²) in [5.41, 5.74) is 0.659. The van der Waals surface area contributed by atoms with Gasteiger partial charge in [0, 0.05) is 12.6 Å². The summed E-state index contributed by atoms with van der Waals surface area (Å²) in [6.07, 6.45) is 0. The Hall–Kier alpha value is -1.24. The van der Waals surface area contributed by atoms with Crippen LogP contribution in [0.1, 0.15) is 17.3 Å². The van der Waals surface area contributed by atoms with Gasteiger partial charge in [-0.1, -0.05) is 12.1 Å². The molecule has 14 heavy (non-hydrogen) atoms. The molecule has 5 heteroatoms. The van der Waals surface area contributed by atoms with Crippen LogP contribution >= 0.6 is 0 Å². The van der Waals surface area contributed by atoms with Crippen molar-refractivity contribution in [2.45, 2.75) is 6.92 Å². The van der Waals surface area contributed by atoms with Gasteiger partial charge in [0.2, 0.25) is 5.91 Å². The van der Waals surface area contributed by atoms with E-state index >= 15 is 0 Å². The fourth-order valence-electron chi connectivity index (χ4n) is 0.893. The molecule has 0 heterocycles. The number of carboxylic acids is 1. The van der Waals surface area contributed by atoms with Crippen LogP contribution in [0.3, 0.4) is 0 Å². The second-order valence-corrected chi connectivity index (χ2v) is 2.55. The van der Waals surface area contributed by atoms with Crippen LogP contribution in [0, 0.1) is 0 Å². The van der Waals surface area contributed by atoms with Gasteiger partial charge < -0.3 is 15.2 Å². The van der Waals surface area contributed by atoms with Crippen LogP contribution in [0.2, 0.25) is 0 Å². The van der Waals surface area contributed by atoms with Gasteiger partial charge >= 0.3 is 18.9 Å². The zero-order chi connectivity index (χ0) is 9.84. The van der Waals surface area contributed by atoms with Crippen LogP contribution < -0.4 is 29.3 Å². The maximum atomic E-state index is 10.6. The van der Waals surface area contributed by atoms with Gasteiger partial charge in [0.05, 0.1) is 5.97 Å². The van der Waals surface area contributed by atoms with Crippen LogP contribution in [-0.4, -0.2) is 11.9 Å². The average Bonchev–Trinajstić information content (AvgIpc) is 2.04. The molecular formula is C9H8LiNO3. The molecule has 0 bridgehead atoms. The van der Waals surface area contributed by atoms with Gasteiger partial charge in [-0.25, -0.2) is 0 Å². The SMILES string of the molecule is CC(=O)Nc1ccc(C(=O)[O-])cc1.[Li+]. The zero-order valence-electron chi connectivity index (χ0n) is 8.03. The van der Waals surface area contributed by atoms with Crippen LogP contribution in [0.25, 0.3) is 0 Å². The topological polar surface area (TPSA) is 69.2 Å². The van der Waals surface area contributed by atoms with Gasteiger partial charge in [-0.15, -0.1) is 0 Å². The molecule has 1 rings (SSSR count). The summed E-state index contributed by atoms with van der Waals surface area (Å²) in [4.78, 5) is 20.9. The van der Waals surface area contributed by atoms with E-state index in [2.05, 4.69) is 5.32 Å². The van der Waals surface area contributed by atoms with Crippen molar-refractivity contribution in [1.82, 2.24) is 0 Å². The van der Waals surface area contributed by atoms with E-state index < -0.39 is 5.97 Å². The Morgan fingerprint density at radius 3 is 2.07 bits per heavy atom. The minimum absolute atomic E-state index is 0. The summed E-state index contributed by atoms with van der Waals surface area (Å²) in [5, 5.41) is 12.9. The Bertz CT molecular complexity index is 334. The number of anilines is 1. The van der Waals surface area contributed by atoms with Crippen molar-refractivity contribution >= 4 is 17.6 Å². The maximum Gasteiger partial charge on any atom is 1.00 e. The fraction of sp³-hybridized carbons (Fsp3) is 0.111. The number of carbonyl (C=O) groups excluding carboxylic acids is 2. The van der Waals surface area contributed by atoms with Gasteiger partial charge in [0.1, 0.15) is 0 Å². The predicted molar refractivity (Wildman–Crippen MR) is 45.1 cm³/mol. The Kier molecular flexibility index (Phi) is 4.99. The standard InChI is InChI=1S/C9H9NO3.Li/c1-6(11)10-8-4-2-7(3-5-8)9(12)13;/h2-5H,1H3,(H,10,11)(H,12,13);/q;+1/p-1. The first-order valence-corrected chi connectivity index (χ1v) is 3.68. The first-order valence-electron chi connectivity index (χ1n) is 3.68. The summed E-state index contributed by atoms with van der Waals surface area (Å²) in [7, 11) is 0. The molecule has 1 N–H and O–H groups in total. The molecule has 0 aliphatic carbocycles. The molecule has 0 atom stereocenters. The molecule has 0 radical (unpaired) electrons. The number of carbonyl (C=O) groups is 2. The third-order valence-corrected chi connectivity index (χ3v) is 1.44. The molecule has 0 saturated heterocycles. The number of hydrogen-bond acceptors (Lipinski definition) is 3. The molecule has 0 aromatic heterocycles. The third-order valence-electron chi connectivity index (χ3n) is 1.44. The van der Waals surface area contributed by atoms with Gasteiger partial charge in [0.15, 0.2) is 0 Å². The van der Waals surface area contributed by atoms with Crippen molar-refractivity contribution in [3.05, 3.63) is 29.8 Å². The van der Waals surface area contributed by atoms with E-state index in [4.69, 9.17) is 0 Å². The number of hydrogen-bond donors (Lipinski definition) is 1. The second kappa shape index (κ2) is 5.48. The summed E-state index contributed by atoms with van der Waals surface area (Å²) in [6, 6.07) is 5.76. The van der Waals surface area contributed by atoms with Crippen LogP contribution in [-0.2, 0) is 4.79 Å². The number of benzene rings is 1. The van der Waals surface area contributed by atoms with Gasteiger partial charge in [-0.2, -0.15) is 0 Å². The van der Waals surface area contributed by atoms with Gasteiger partial charge in [-0.3, -0.25) is 4.79 Å². The molecule has 0 aliphatic heterocycles. The molecule has 0 fully saturated rings. The molecule has 0 unspecified atom stereocenters. The Labute approximate surface area is 93.5 Å². The molecule has 0 spiro atoms. The Morgan fingerprint density at radius 1 is 1.21 bits per heavy atom. The number of rotatable bonds is 2. The first kappa shape index (κ1) is 12.8. The number of amides is 1. The molecule has 1 amide bonds. The minimum Gasteiger partial charge on any atom is -0.545 e. The average molecular weight is 185 g/mol. The van der Waals surface area contributed by atoms with Crippen molar-refractivity contribution in [3.8, 4) is 0 Å². The maximum absolute atomic E-state index is 10.6. The molecule has 0 aliphatic rings. The van der Waals surface area contributed by atoms with E-state index in [-0.39, 0.29) is 30.3 Å². The zero-order valence-corrected chi connectivity index (χ0v) is 8.03. The largest absolute Gasteiger partial charge is 1.00 e. The third kappa shape index (κ3) is 3.65. The molecule has 68 valence electrons. The van der Waals surface area contributed by atoms with Crippen LogP contribution in [0.15, 0.2) is 24.3 Å². The van der Waals surface area contributed by atoms with Crippen molar-refractivity contribution in [1.29, 1.82) is 0 Å². The van der Waals surface area contributed by atoms with Crippen molar-refractivity contribution in [2.75, 3.05) is 5.32 Å². The summed E-state index contributed by atoms with van der Waals surface area (Å²) < 4.78 is 0. The predicted octanol–water partition coefficient (Wildman–Crippen LogP) is -2.99.